The molecule has 3 aromatic rings. The van der Waals surface area contributed by atoms with Gasteiger partial charge in [0.15, 0.2) is 5.82 Å². The number of anilines is 3. The Labute approximate surface area is 264 Å². The van der Waals surface area contributed by atoms with E-state index in [1.807, 2.05) is 6.92 Å². The molecular weight excluding hydrogens is 606 g/mol. The molecule has 0 fully saturated rings. The van der Waals surface area contributed by atoms with Crippen molar-refractivity contribution in [1.82, 2.24) is 10.3 Å². The van der Waals surface area contributed by atoms with Crippen LogP contribution in [0.15, 0.2) is 53.8 Å². The number of halogens is 3. The van der Waals surface area contributed by atoms with E-state index in [1.54, 1.807) is 43.3 Å². The molecule has 236 valence electrons. The molecular formula is C32H33ClF2N6O4. The number of amides is 3. The number of ether oxygens (including phenoxy) is 1. The third kappa shape index (κ3) is 6.90. The molecule has 1 aromatic heterocycles. The van der Waals surface area contributed by atoms with Crippen LogP contribution in [0.1, 0.15) is 44.6 Å². The summed E-state index contributed by atoms with van der Waals surface area (Å²) in [5, 5.41) is 14.1. The number of carbonyl (C=O) groups excluding carboxylic acids is 3. The van der Waals surface area contributed by atoms with E-state index >= 15 is 4.39 Å². The van der Waals surface area contributed by atoms with Crippen molar-refractivity contribution in [3.05, 3.63) is 70.9 Å². The highest BCUT2D eigenvalue weighted by Gasteiger charge is 2.35. The second kappa shape index (κ2) is 13.6. The molecule has 3 N–H and O–H groups in total. The number of aromatic nitrogens is 1. The van der Waals surface area contributed by atoms with Crippen molar-refractivity contribution < 1.29 is 27.9 Å². The lowest BCUT2D eigenvalue weighted by Gasteiger charge is -2.26. The first kappa shape index (κ1) is 31.8. The number of hydrogen-bond donors (Lipinski definition) is 3. The van der Waals surface area contributed by atoms with Crippen LogP contribution in [0.5, 0.6) is 0 Å². The van der Waals surface area contributed by atoms with E-state index in [1.165, 1.54) is 24.4 Å². The van der Waals surface area contributed by atoms with Crippen molar-refractivity contribution >= 4 is 52.8 Å². The van der Waals surface area contributed by atoms with Crippen molar-refractivity contribution in [3.63, 3.8) is 0 Å². The predicted molar refractivity (Wildman–Crippen MR) is 168 cm³/mol. The van der Waals surface area contributed by atoms with E-state index in [0.29, 0.717) is 47.5 Å². The predicted octanol–water partition coefficient (Wildman–Crippen LogP) is 6.33. The molecule has 3 unspecified atom stereocenters. The Hall–Kier alpha value is -4.58. The van der Waals surface area contributed by atoms with E-state index in [9.17, 15) is 18.8 Å². The van der Waals surface area contributed by atoms with Crippen LogP contribution < -0.4 is 21.0 Å². The molecule has 5 rings (SSSR count). The number of pyridine rings is 1. The van der Waals surface area contributed by atoms with Crippen LogP contribution in [0.4, 0.5) is 30.6 Å². The van der Waals surface area contributed by atoms with E-state index < -0.39 is 35.6 Å². The average Bonchev–Trinajstić information content (AvgIpc) is 3.40. The van der Waals surface area contributed by atoms with Crippen molar-refractivity contribution in [1.29, 1.82) is 0 Å². The van der Waals surface area contributed by atoms with Crippen LogP contribution in [0.2, 0.25) is 5.02 Å². The Morgan fingerprint density at radius 3 is 2.73 bits per heavy atom. The maximum absolute atomic E-state index is 15.4. The summed E-state index contributed by atoms with van der Waals surface area (Å²) in [6, 6.07) is 10.6. The van der Waals surface area contributed by atoms with Gasteiger partial charge in [0, 0.05) is 35.8 Å². The van der Waals surface area contributed by atoms with E-state index in [0.717, 1.165) is 6.20 Å². The summed E-state index contributed by atoms with van der Waals surface area (Å²) in [5.41, 5.74) is 2.26. The van der Waals surface area contributed by atoms with Crippen LogP contribution in [0, 0.1) is 23.5 Å². The third-order valence-corrected chi connectivity index (χ3v) is 8.50. The zero-order valence-electron chi connectivity index (χ0n) is 24.9. The van der Waals surface area contributed by atoms with Gasteiger partial charge in [-0.15, -0.1) is 0 Å². The van der Waals surface area contributed by atoms with Gasteiger partial charge in [-0.25, -0.2) is 13.6 Å². The molecule has 0 aliphatic carbocycles. The number of benzene rings is 2. The highest BCUT2D eigenvalue weighted by atomic mass is 35.5. The van der Waals surface area contributed by atoms with Gasteiger partial charge in [-0.2, -0.15) is 5.10 Å². The van der Waals surface area contributed by atoms with Crippen molar-refractivity contribution in [2.45, 2.75) is 45.1 Å². The fraction of sp³-hybridized carbons (Fsp3) is 0.344. The van der Waals surface area contributed by atoms with Gasteiger partial charge in [0.05, 0.1) is 47.4 Å². The summed E-state index contributed by atoms with van der Waals surface area (Å²) in [6.07, 6.45) is 3.54. The minimum Gasteiger partial charge on any atom is -0.453 e. The molecule has 2 aliphatic rings. The standard InChI is InChI=1S/C32H33ClF2N6O4/c1-17-6-4-7-19(14-37-31(43)23-15-38-41(18(23)2)28-9-5-8-24(33)29(28)35)22-13-26(36-16-25(22)34)21-11-10-20(39-32(44)45-3)12-27(21)40-30(17)42/h5,8-13,15-19,23H,4,6-7,14H2,1-3H3,(H,37,43)(H,39,44)(H,40,42)/t17-,18?,19?,23?/m1/s1. The van der Waals surface area contributed by atoms with E-state index in [4.69, 9.17) is 11.6 Å². The Bertz CT molecular complexity index is 1650. The smallest absolute Gasteiger partial charge is 0.411 e. The minimum atomic E-state index is -0.684. The Morgan fingerprint density at radius 1 is 1.16 bits per heavy atom. The molecule has 10 nitrogen and oxygen atoms in total. The summed E-state index contributed by atoms with van der Waals surface area (Å²) in [5.74, 6) is -3.16. The van der Waals surface area contributed by atoms with Gasteiger partial charge in [-0.1, -0.05) is 31.0 Å². The maximum atomic E-state index is 15.4. The molecule has 0 saturated heterocycles. The summed E-state index contributed by atoms with van der Waals surface area (Å²) in [4.78, 5) is 42.5. The zero-order valence-corrected chi connectivity index (χ0v) is 25.7. The first-order valence-electron chi connectivity index (χ1n) is 14.6. The lowest BCUT2D eigenvalue weighted by Crippen LogP contribution is -2.41. The highest BCUT2D eigenvalue weighted by Crippen LogP contribution is 2.35. The van der Waals surface area contributed by atoms with E-state index in [2.05, 4.69) is 30.8 Å². The molecule has 4 atom stereocenters. The van der Waals surface area contributed by atoms with Crippen LogP contribution in [0.25, 0.3) is 11.3 Å². The first-order chi connectivity index (χ1) is 21.6. The second-order valence-electron chi connectivity index (χ2n) is 11.2. The molecule has 0 radical (unpaired) electrons. The Kier molecular flexibility index (Phi) is 9.62. The molecule has 2 aromatic carbocycles. The SMILES string of the molecule is COC(=O)Nc1ccc2c(c1)NC(=O)[C@H](C)CCCC(CNC(=O)C1C=NN(c3cccc(Cl)c3F)C1C)c1cc-2ncc1F. The third-order valence-electron chi connectivity index (χ3n) is 8.21. The average molecular weight is 639 g/mol. The number of nitrogens with one attached hydrogen (secondary N) is 3. The van der Waals surface area contributed by atoms with E-state index in [-0.39, 0.29) is 35.0 Å². The summed E-state index contributed by atoms with van der Waals surface area (Å²) in [7, 11) is 1.24. The molecule has 2 aliphatic heterocycles. The van der Waals surface area contributed by atoms with Crippen molar-refractivity contribution in [2.24, 2.45) is 16.9 Å². The second-order valence-corrected chi connectivity index (χ2v) is 11.6. The molecule has 13 heteroatoms. The number of methoxy groups -OCH3 is 1. The van der Waals surface area contributed by atoms with Gasteiger partial charge in [-0.05, 0) is 61.7 Å². The quantitative estimate of drug-likeness (QED) is 0.300. The fourth-order valence-corrected chi connectivity index (χ4v) is 5.73. The number of hydrazone groups is 1. The van der Waals surface area contributed by atoms with Gasteiger partial charge >= 0.3 is 6.09 Å². The van der Waals surface area contributed by atoms with Crippen LogP contribution in [-0.2, 0) is 14.3 Å². The lowest BCUT2D eigenvalue weighted by molar-refractivity contribution is -0.123. The number of nitrogens with zero attached hydrogens (tertiary/aromatic N) is 3. The molecule has 0 spiro atoms. The molecule has 2 bridgehead atoms. The number of carbonyl (C=O) groups is 3. The Balaban J connectivity index is 1.39. The fourth-order valence-electron chi connectivity index (χ4n) is 5.56. The van der Waals surface area contributed by atoms with Gasteiger partial charge < -0.3 is 15.4 Å². The summed E-state index contributed by atoms with van der Waals surface area (Å²) >= 11 is 5.95. The molecule has 0 saturated carbocycles. The van der Waals surface area contributed by atoms with Crippen LogP contribution in [-0.4, -0.2) is 48.8 Å². The Morgan fingerprint density at radius 2 is 1.96 bits per heavy atom. The summed E-state index contributed by atoms with van der Waals surface area (Å²) < 4.78 is 34.7. The minimum absolute atomic E-state index is 0.0447. The number of fused-ring (bicyclic) bond motifs is 4. The van der Waals surface area contributed by atoms with Gasteiger partial charge in [-0.3, -0.25) is 24.9 Å². The monoisotopic (exact) mass is 638 g/mol. The molecule has 3 heterocycles. The van der Waals surface area contributed by atoms with Gasteiger partial charge in [0.2, 0.25) is 11.8 Å². The highest BCUT2D eigenvalue weighted by molar-refractivity contribution is 6.31. The van der Waals surface area contributed by atoms with Crippen molar-refractivity contribution in [3.8, 4) is 11.3 Å². The maximum Gasteiger partial charge on any atom is 0.411 e. The molecule has 45 heavy (non-hydrogen) atoms. The van der Waals surface area contributed by atoms with Crippen molar-refractivity contribution in [2.75, 3.05) is 29.3 Å². The number of hydrogen-bond acceptors (Lipinski definition) is 7. The summed E-state index contributed by atoms with van der Waals surface area (Å²) in [6.45, 7) is 3.69. The molecule has 3 amide bonds. The van der Waals surface area contributed by atoms with Crippen LogP contribution in [0.3, 0.4) is 0 Å². The lowest BCUT2D eigenvalue weighted by atomic mass is 9.89. The topological polar surface area (TPSA) is 125 Å². The normalized spacial score (nSPS) is 21.2. The number of rotatable bonds is 5. The first-order valence-corrected chi connectivity index (χ1v) is 15.0. The van der Waals surface area contributed by atoms with Crippen LogP contribution >= 0.6 is 11.6 Å². The van der Waals surface area contributed by atoms with Gasteiger partial charge in [0.25, 0.3) is 0 Å². The van der Waals surface area contributed by atoms with Gasteiger partial charge in [0.1, 0.15) is 5.82 Å². The zero-order chi connectivity index (χ0) is 32.2. The largest absolute Gasteiger partial charge is 0.453 e.